The van der Waals surface area contributed by atoms with Crippen LogP contribution in [0.15, 0.2) is 60.7 Å². The summed E-state index contributed by atoms with van der Waals surface area (Å²) >= 11 is 0. The highest BCUT2D eigenvalue weighted by Gasteiger charge is 2.30. The average Bonchev–Trinajstić information content (AvgIpc) is 2.62. The van der Waals surface area contributed by atoms with Crippen LogP contribution in [0.2, 0.25) is 0 Å². The standard InChI is InChI=1S/C23H32/c1-5-18(3)22(17-20-13-9-7-10-14-20)23(19(4)6-2)21-15-11-8-12-16-21/h7-16,18-19,22-23H,5-6,17H2,1-4H3. The maximum Gasteiger partial charge on any atom is -0.0102 e. The van der Waals surface area contributed by atoms with E-state index in [1.54, 1.807) is 0 Å². The van der Waals surface area contributed by atoms with Gasteiger partial charge in [0.05, 0.1) is 0 Å². The van der Waals surface area contributed by atoms with Crippen LogP contribution in [0.25, 0.3) is 0 Å². The summed E-state index contributed by atoms with van der Waals surface area (Å²) in [5, 5.41) is 0. The van der Waals surface area contributed by atoms with Crippen molar-refractivity contribution in [2.45, 2.75) is 52.9 Å². The molecule has 0 bridgehead atoms. The van der Waals surface area contributed by atoms with Gasteiger partial charge in [0.25, 0.3) is 0 Å². The SMILES string of the molecule is CCC(C)C(Cc1ccccc1)C(c1ccccc1)C(C)CC. The van der Waals surface area contributed by atoms with Crippen LogP contribution in [0.5, 0.6) is 0 Å². The van der Waals surface area contributed by atoms with E-state index in [1.165, 1.54) is 30.4 Å². The van der Waals surface area contributed by atoms with Gasteiger partial charge < -0.3 is 0 Å². The molecule has 2 aromatic rings. The second-order valence-corrected chi connectivity index (χ2v) is 7.06. The summed E-state index contributed by atoms with van der Waals surface area (Å²) in [7, 11) is 0. The third-order valence-electron chi connectivity index (χ3n) is 5.59. The highest BCUT2D eigenvalue weighted by Crippen LogP contribution is 2.40. The maximum absolute atomic E-state index is 2.44. The van der Waals surface area contributed by atoms with E-state index in [0.717, 1.165) is 5.92 Å². The van der Waals surface area contributed by atoms with Crippen molar-refractivity contribution in [3.05, 3.63) is 71.8 Å². The molecule has 124 valence electrons. The lowest BCUT2D eigenvalue weighted by Gasteiger charge is -2.36. The summed E-state index contributed by atoms with van der Waals surface area (Å²) in [6.45, 7) is 9.53. The Morgan fingerprint density at radius 1 is 0.696 bits per heavy atom. The van der Waals surface area contributed by atoms with E-state index < -0.39 is 0 Å². The maximum atomic E-state index is 2.44. The summed E-state index contributed by atoms with van der Waals surface area (Å²) < 4.78 is 0. The lowest BCUT2D eigenvalue weighted by molar-refractivity contribution is 0.233. The van der Waals surface area contributed by atoms with Gasteiger partial charge in [-0.1, -0.05) is 101 Å². The Hall–Kier alpha value is -1.56. The minimum atomic E-state index is 0.636. The zero-order valence-electron chi connectivity index (χ0n) is 15.2. The summed E-state index contributed by atoms with van der Waals surface area (Å²) in [5.74, 6) is 2.77. The molecule has 0 aliphatic rings. The summed E-state index contributed by atoms with van der Waals surface area (Å²) in [6.07, 6.45) is 3.66. The normalized spacial score (nSPS) is 16.5. The highest BCUT2D eigenvalue weighted by atomic mass is 14.3. The molecule has 0 saturated heterocycles. The first-order chi connectivity index (χ1) is 11.2. The van der Waals surface area contributed by atoms with Gasteiger partial charge in [-0.15, -0.1) is 0 Å². The lowest BCUT2D eigenvalue weighted by Crippen LogP contribution is -2.27. The fraction of sp³-hybridized carbons (Fsp3) is 0.478. The number of hydrogen-bond donors (Lipinski definition) is 0. The molecule has 0 amide bonds. The number of benzene rings is 2. The van der Waals surface area contributed by atoms with Crippen molar-refractivity contribution in [1.82, 2.24) is 0 Å². The van der Waals surface area contributed by atoms with Crippen LogP contribution < -0.4 is 0 Å². The second kappa shape index (κ2) is 8.91. The van der Waals surface area contributed by atoms with Gasteiger partial charge >= 0.3 is 0 Å². The highest BCUT2D eigenvalue weighted by molar-refractivity contribution is 5.23. The van der Waals surface area contributed by atoms with Gasteiger partial charge in [-0.2, -0.15) is 0 Å². The molecule has 0 aromatic heterocycles. The molecule has 4 unspecified atom stereocenters. The summed E-state index contributed by atoms with van der Waals surface area (Å²) in [4.78, 5) is 0. The first-order valence-corrected chi connectivity index (χ1v) is 9.26. The molecule has 0 aliphatic carbocycles. The molecule has 0 nitrogen and oxygen atoms in total. The van der Waals surface area contributed by atoms with Crippen LogP contribution in [0, 0.1) is 17.8 Å². The molecule has 2 rings (SSSR count). The molecule has 4 atom stereocenters. The Morgan fingerprint density at radius 2 is 1.22 bits per heavy atom. The van der Waals surface area contributed by atoms with E-state index in [-0.39, 0.29) is 0 Å². The molecular weight excluding hydrogens is 276 g/mol. The monoisotopic (exact) mass is 308 g/mol. The minimum absolute atomic E-state index is 0.636. The quantitative estimate of drug-likeness (QED) is 0.507. The van der Waals surface area contributed by atoms with Gasteiger partial charge in [0.1, 0.15) is 0 Å². The summed E-state index contributed by atoms with van der Waals surface area (Å²) in [6, 6.07) is 22.2. The van der Waals surface area contributed by atoms with E-state index in [9.17, 15) is 0 Å². The van der Waals surface area contributed by atoms with Crippen molar-refractivity contribution >= 4 is 0 Å². The molecule has 0 heterocycles. The van der Waals surface area contributed by atoms with Gasteiger partial charge in [0.15, 0.2) is 0 Å². The van der Waals surface area contributed by atoms with Crippen LogP contribution in [0.3, 0.4) is 0 Å². The second-order valence-electron chi connectivity index (χ2n) is 7.06. The summed E-state index contributed by atoms with van der Waals surface area (Å²) in [5.41, 5.74) is 2.99. The predicted octanol–water partition coefficient (Wildman–Crippen LogP) is 6.72. The van der Waals surface area contributed by atoms with Gasteiger partial charge in [-0.05, 0) is 41.2 Å². The number of hydrogen-bond acceptors (Lipinski definition) is 0. The molecule has 0 heteroatoms. The average molecular weight is 309 g/mol. The molecular formula is C23H32. The van der Waals surface area contributed by atoms with E-state index >= 15 is 0 Å². The van der Waals surface area contributed by atoms with Crippen LogP contribution in [-0.2, 0) is 6.42 Å². The molecule has 0 fully saturated rings. The van der Waals surface area contributed by atoms with Gasteiger partial charge in [0.2, 0.25) is 0 Å². The third-order valence-corrected chi connectivity index (χ3v) is 5.59. The Morgan fingerprint density at radius 3 is 1.74 bits per heavy atom. The zero-order valence-corrected chi connectivity index (χ0v) is 15.2. The topological polar surface area (TPSA) is 0 Å². The fourth-order valence-corrected chi connectivity index (χ4v) is 3.80. The van der Waals surface area contributed by atoms with Crippen molar-refractivity contribution in [2.24, 2.45) is 17.8 Å². The van der Waals surface area contributed by atoms with Gasteiger partial charge in [0, 0.05) is 0 Å². The van der Waals surface area contributed by atoms with Crippen LogP contribution in [0.4, 0.5) is 0 Å². The van der Waals surface area contributed by atoms with Gasteiger partial charge in [-0.25, -0.2) is 0 Å². The van der Waals surface area contributed by atoms with Crippen LogP contribution in [-0.4, -0.2) is 0 Å². The lowest BCUT2D eigenvalue weighted by atomic mass is 9.69. The van der Waals surface area contributed by atoms with Crippen molar-refractivity contribution in [3.8, 4) is 0 Å². The Kier molecular flexibility index (Phi) is 6.89. The van der Waals surface area contributed by atoms with Crippen LogP contribution in [0.1, 0.15) is 57.6 Å². The van der Waals surface area contributed by atoms with E-state index in [4.69, 9.17) is 0 Å². The number of rotatable bonds is 8. The molecule has 0 N–H and O–H groups in total. The molecule has 23 heavy (non-hydrogen) atoms. The largest absolute Gasteiger partial charge is 0.0651 e. The minimum Gasteiger partial charge on any atom is -0.0651 e. The Labute approximate surface area is 143 Å². The zero-order chi connectivity index (χ0) is 16.7. The predicted molar refractivity (Wildman–Crippen MR) is 102 cm³/mol. The molecule has 0 radical (unpaired) electrons. The van der Waals surface area contributed by atoms with Crippen molar-refractivity contribution in [3.63, 3.8) is 0 Å². The van der Waals surface area contributed by atoms with Crippen LogP contribution >= 0.6 is 0 Å². The first kappa shape index (κ1) is 17.8. The van der Waals surface area contributed by atoms with Gasteiger partial charge in [-0.3, -0.25) is 0 Å². The van der Waals surface area contributed by atoms with Crippen molar-refractivity contribution < 1.29 is 0 Å². The van der Waals surface area contributed by atoms with Crippen molar-refractivity contribution in [2.75, 3.05) is 0 Å². The molecule has 0 aliphatic heterocycles. The third kappa shape index (κ3) is 4.70. The smallest absolute Gasteiger partial charge is 0.0102 e. The molecule has 2 aromatic carbocycles. The fourth-order valence-electron chi connectivity index (χ4n) is 3.80. The molecule has 0 saturated carbocycles. The van der Waals surface area contributed by atoms with E-state index in [0.29, 0.717) is 17.8 Å². The molecule has 0 spiro atoms. The van der Waals surface area contributed by atoms with E-state index in [1.807, 2.05) is 0 Å². The van der Waals surface area contributed by atoms with E-state index in [2.05, 4.69) is 88.4 Å². The van der Waals surface area contributed by atoms with Crippen molar-refractivity contribution in [1.29, 1.82) is 0 Å². The first-order valence-electron chi connectivity index (χ1n) is 9.26. The Balaban J connectivity index is 2.36. The Bertz CT molecular complexity index is 543.